The van der Waals surface area contributed by atoms with E-state index >= 15 is 0 Å². The van der Waals surface area contributed by atoms with E-state index in [1.54, 1.807) is 4.57 Å². The van der Waals surface area contributed by atoms with E-state index in [2.05, 4.69) is 58.6 Å². The maximum Gasteiger partial charge on any atom is 0.335 e. The van der Waals surface area contributed by atoms with Gasteiger partial charge < -0.3 is 4.90 Å². The standard InChI is InChI=1S/C23H33N5O/c1-8-11-26(10-3)21-20-22(25-18(7)24-21)28(23(29)27(20)12-9-2)19-16(5)13-15(4)14-17(19)6/h13-14H,8-12H2,1-7H3. The maximum absolute atomic E-state index is 13.6. The van der Waals surface area contributed by atoms with Crippen molar-refractivity contribution in [1.82, 2.24) is 19.1 Å². The Morgan fingerprint density at radius 1 is 0.966 bits per heavy atom. The second-order valence-electron chi connectivity index (χ2n) is 7.86. The Morgan fingerprint density at radius 2 is 1.62 bits per heavy atom. The number of hydrogen-bond acceptors (Lipinski definition) is 4. The van der Waals surface area contributed by atoms with Crippen LogP contribution >= 0.6 is 0 Å². The van der Waals surface area contributed by atoms with Gasteiger partial charge in [0.15, 0.2) is 11.5 Å². The van der Waals surface area contributed by atoms with E-state index in [-0.39, 0.29) is 5.69 Å². The lowest BCUT2D eigenvalue weighted by molar-refractivity contribution is 0.660. The first-order chi connectivity index (χ1) is 13.8. The van der Waals surface area contributed by atoms with E-state index < -0.39 is 0 Å². The molecule has 0 saturated carbocycles. The van der Waals surface area contributed by atoms with E-state index in [0.29, 0.717) is 18.0 Å². The van der Waals surface area contributed by atoms with Crippen molar-refractivity contribution in [1.29, 1.82) is 0 Å². The highest BCUT2D eigenvalue weighted by Crippen LogP contribution is 2.28. The van der Waals surface area contributed by atoms with Gasteiger partial charge in [-0.2, -0.15) is 0 Å². The highest BCUT2D eigenvalue weighted by Gasteiger charge is 2.24. The molecule has 3 rings (SSSR count). The summed E-state index contributed by atoms with van der Waals surface area (Å²) in [4.78, 5) is 25.4. The summed E-state index contributed by atoms with van der Waals surface area (Å²) in [6.07, 6.45) is 1.89. The van der Waals surface area contributed by atoms with E-state index in [1.165, 1.54) is 5.56 Å². The largest absolute Gasteiger partial charge is 0.355 e. The summed E-state index contributed by atoms with van der Waals surface area (Å²) in [6.45, 7) is 16.9. The third kappa shape index (κ3) is 3.68. The van der Waals surface area contributed by atoms with Crippen molar-refractivity contribution in [2.75, 3.05) is 18.0 Å². The molecule has 1 aromatic carbocycles. The number of rotatable bonds is 7. The van der Waals surface area contributed by atoms with Gasteiger partial charge in [0.2, 0.25) is 0 Å². The Kier molecular flexibility index (Phi) is 6.10. The summed E-state index contributed by atoms with van der Waals surface area (Å²) in [7, 11) is 0. The lowest BCUT2D eigenvalue weighted by atomic mass is 10.1. The highest BCUT2D eigenvalue weighted by atomic mass is 16.1. The van der Waals surface area contributed by atoms with Crippen LogP contribution in [0.15, 0.2) is 16.9 Å². The minimum absolute atomic E-state index is 0.0365. The zero-order chi connectivity index (χ0) is 21.3. The van der Waals surface area contributed by atoms with Crippen molar-refractivity contribution >= 4 is 17.0 Å². The van der Waals surface area contributed by atoms with Gasteiger partial charge >= 0.3 is 5.69 Å². The average Bonchev–Trinajstić information content (AvgIpc) is 2.91. The second-order valence-corrected chi connectivity index (χ2v) is 7.86. The first kappa shape index (κ1) is 21.1. The van der Waals surface area contributed by atoms with E-state index in [4.69, 9.17) is 9.97 Å². The second kappa shape index (κ2) is 8.39. The van der Waals surface area contributed by atoms with Crippen molar-refractivity contribution in [2.45, 2.75) is 67.9 Å². The van der Waals surface area contributed by atoms with Crippen molar-refractivity contribution in [2.24, 2.45) is 0 Å². The van der Waals surface area contributed by atoms with Gasteiger partial charge in [-0.1, -0.05) is 31.5 Å². The summed E-state index contributed by atoms with van der Waals surface area (Å²) in [5.74, 6) is 1.55. The molecule has 29 heavy (non-hydrogen) atoms. The Labute approximate surface area is 173 Å². The SMILES string of the molecule is CCCN(CC)c1nc(C)nc2c1n(CCC)c(=O)n2-c1c(C)cc(C)cc1C. The molecule has 6 nitrogen and oxygen atoms in total. The first-order valence-electron chi connectivity index (χ1n) is 10.7. The predicted molar refractivity (Wildman–Crippen MR) is 121 cm³/mol. The van der Waals surface area contributed by atoms with Crippen LogP contribution in [-0.2, 0) is 6.54 Å². The van der Waals surface area contributed by atoms with Gasteiger partial charge in [0, 0.05) is 19.6 Å². The lowest BCUT2D eigenvalue weighted by Crippen LogP contribution is -2.27. The van der Waals surface area contributed by atoms with E-state index in [9.17, 15) is 4.79 Å². The molecule has 0 saturated heterocycles. The molecular formula is C23H33N5O. The van der Waals surface area contributed by atoms with Crippen LogP contribution in [0.3, 0.4) is 0 Å². The van der Waals surface area contributed by atoms with Crippen molar-refractivity contribution in [3.8, 4) is 5.69 Å². The molecular weight excluding hydrogens is 362 g/mol. The number of hydrogen-bond donors (Lipinski definition) is 0. The van der Waals surface area contributed by atoms with E-state index in [0.717, 1.165) is 54.1 Å². The third-order valence-electron chi connectivity index (χ3n) is 5.34. The number of benzene rings is 1. The summed E-state index contributed by atoms with van der Waals surface area (Å²) in [5.41, 5.74) is 5.81. The molecule has 0 unspecified atom stereocenters. The Balaban J connectivity index is 2.47. The normalized spacial score (nSPS) is 11.4. The van der Waals surface area contributed by atoms with Crippen molar-refractivity contribution in [3.63, 3.8) is 0 Å². The number of aromatic nitrogens is 4. The van der Waals surface area contributed by atoms with Gasteiger partial charge in [0.1, 0.15) is 11.3 Å². The fourth-order valence-electron chi connectivity index (χ4n) is 4.30. The molecule has 2 heterocycles. The Bertz CT molecular complexity index is 1070. The summed E-state index contributed by atoms with van der Waals surface area (Å²) in [5, 5.41) is 0. The molecule has 2 aromatic heterocycles. The number of fused-ring (bicyclic) bond motifs is 1. The van der Waals surface area contributed by atoms with Gasteiger partial charge in [-0.05, 0) is 58.6 Å². The highest BCUT2D eigenvalue weighted by molar-refractivity contribution is 5.86. The molecule has 0 fully saturated rings. The smallest absolute Gasteiger partial charge is 0.335 e. The van der Waals surface area contributed by atoms with Crippen LogP contribution in [0.1, 0.15) is 56.1 Å². The predicted octanol–water partition coefficient (Wildman–Crippen LogP) is 4.46. The molecule has 156 valence electrons. The van der Waals surface area contributed by atoms with Crippen LogP contribution in [0.5, 0.6) is 0 Å². The average molecular weight is 396 g/mol. The number of anilines is 1. The summed E-state index contributed by atoms with van der Waals surface area (Å²) in [6, 6.07) is 4.25. The molecule has 0 amide bonds. The zero-order valence-corrected chi connectivity index (χ0v) is 18.8. The number of aryl methyl sites for hydroxylation is 5. The molecule has 0 aliphatic heterocycles. The van der Waals surface area contributed by atoms with Crippen LogP contribution < -0.4 is 10.6 Å². The molecule has 0 aliphatic carbocycles. The minimum atomic E-state index is -0.0365. The summed E-state index contributed by atoms with van der Waals surface area (Å²) >= 11 is 0. The van der Waals surface area contributed by atoms with Gasteiger partial charge in [-0.3, -0.25) is 4.57 Å². The monoisotopic (exact) mass is 395 g/mol. The molecule has 0 spiro atoms. The molecule has 0 atom stereocenters. The fraction of sp³-hybridized carbons (Fsp3) is 0.522. The van der Waals surface area contributed by atoms with E-state index in [1.807, 2.05) is 11.5 Å². The quantitative estimate of drug-likeness (QED) is 0.593. The molecule has 6 heteroatoms. The third-order valence-corrected chi connectivity index (χ3v) is 5.34. The van der Waals surface area contributed by atoms with Crippen LogP contribution in [-0.4, -0.2) is 32.2 Å². The van der Waals surface area contributed by atoms with Crippen LogP contribution in [0, 0.1) is 27.7 Å². The van der Waals surface area contributed by atoms with Gasteiger partial charge in [-0.25, -0.2) is 19.3 Å². The zero-order valence-electron chi connectivity index (χ0n) is 18.8. The van der Waals surface area contributed by atoms with Gasteiger partial charge in [0.05, 0.1) is 5.69 Å². The first-order valence-corrected chi connectivity index (χ1v) is 10.7. The number of nitrogens with zero attached hydrogens (tertiary/aromatic N) is 5. The van der Waals surface area contributed by atoms with Gasteiger partial charge in [-0.15, -0.1) is 0 Å². The molecule has 0 aliphatic rings. The molecule has 0 bridgehead atoms. The van der Waals surface area contributed by atoms with Crippen molar-refractivity contribution in [3.05, 3.63) is 45.1 Å². The lowest BCUT2D eigenvalue weighted by Gasteiger charge is -2.22. The number of imidazole rings is 1. The van der Waals surface area contributed by atoms with Crippen LogP contribution in [0.25, 0.3) is 16.9 Å². The molecule has 0 N–H and O–H groups in total. The molecule has 3 aromatic rings. The minimum Gasteiger partial charge on any atom is -0.355 e. The van der Waals surface area contributed by atoms with Crippen molar-refractivity contribution < 1.29 is 0 Å². The summed E-state index contributed by atoms with van der Waals surface area (Å²) < 4.78 is 3.66. The van der Waals surface area contributed by atoms with Crippen LogP contribution in [0.2, 0.25) is 0 Å². The Hall–Kier alpha value is -2.63. The maximum atomic E-state index is 13.6. The van der Waals surface area contributed by atoms with Crippen LogP contribution in [0.4, 0.5) is 5.82 Å². The topological polar surface area (TPSA) is 56.0 Å². The Morgan fingerprint density at radius 3 is 2.17 bits per heavy atom. The molecule has 0 radical (unpaired) electrons. The van der Waals surface area contributed by atoms with Gasteiger partial charge in [0.25, 0.3) is 0 Å². The fourth-order valence-corrected chi connectivity index (χ4v) is 4.30.